The molecular formula is C34H22N4. The maximum atomic E-state index is 5.34. The fourth-order valence-corrected chi connectivity index (χ4v) is 5.70. The van der Waals surface area contributed by atoms with E-state index >= 15 is 0 Å². The van der Waals surface area contributed by atoms with E-state index in [0.717, 1.165) is 50.3 Å². The van der Waals surface area contributed by atoms with Gasteiger partial charge in [0.2, 0.25) is 0 Å². The van der Waals surface area contributed by atoms with Crippen LogP contribution in [0.15, 0.2) is 134 Å². The maximum Gasteiger partial charge on any atom is 0.148 e. The first-order valence-corrected chi connectivity index (χ1v) is 12.8. The summed E-state index contributed by atoms with van der Waals surface area (Å²) in [6.07, 6.45) is 1.84. The van der Waals surface area contributed by atoms with Crippen LogP contribution in [0.4, 0.5) is 0 Å². The van der Waals surface area contributed by atoms with Crippen molar-refractivity contribution in [1.29, 1.82) is 0 Å². The van der Waals surface area contributed by atoms with Gasteiger partial charge in [0.05, 0.1) is 22.2 Å². The molecule has 8 aromatic rings. The third-order valence-corrected chi connectivity index (χ3v) is 7.39. The summed E-state index contributed by atoms with van der Waals surface area (Å²) < 4.78 is 4.55. The van der Waals surface area contributed by atoms with E-state index in [1.54, 1.807) is 0 Å². The molecule has 0 aliphatic carbocycles. The van der Waals surface area contributed by atoms with Crippen LogP contribution in [-0.2, 0) is 0 Å². The van der Waals surface area contributed by atoms with Gasteiger partial charge in [-0.2, -0.15) is 0 Å². The molecule has 4 aromatic heterocycles. The molecule has 0 saturated heterocycles. The topological polar surface area (TPSA) is 35.6 Å². The first kappa shape index (κ1) is 20.9. The van der Waals surface area contributed by atoms with E-state index in [4.69, 9.17) is 4.98 Å². The molecule has 0 aliphatic rings. The van der Waals surface area contributed by atoms with Crippen molar-refractivity contribution in [3.8, 4) is 22.8 Å². The normalized spacial score (nSPS) is 11.7. The first-order chi connectivity index (χ1) is 18.9. The Balaban J connectivity index is 1.46. The summed E-state index contributed by atoms with van der Waals surface area (Å²) in [6.45, 7) is 0. The first-order valence-electron chi connectivity index (χ1n) is 12.8. The summed E-state index contributed by atoms with van der Waals surface area (Å²) >= 11 is 0. The van der Waals surface area contributed by atoms with Crippen LogP contribution in [0.2, 0.25) is 0 Å². The Hall–Kier alpha value is -5.22. The van der Waals surface area contributed by atoms with Gasteiger partial charge in [-0.05, 0) is 54.6 Å². The predicted molar refractivity (Wildman–Crippen MR) is 156 cm³/mol. The summed E-state index contributed by atoms with van der Waals surface area (Å²) in [7, 11) is 0. The summed E-state index contributed by atoms with van der Waals surface area (Å²) in [5.74, 6) is 0.891. The summed E-state index contributed by atoms with van der Waals surface area (Å²) in [6, 6.07) is 44.5. The van der Waals surface area contributed by atoms with Crippen LogP contribution in [-0.4, -0.2) is 19.1 Å². The molecule has 0 bridgehead atoms. The van der Waals surface area contributed by atoms with Gasteiger partial charge in [0.1, 0.15) is 11.5 Å². The number of aromatic nitrogens is 4. The third-order valence-electron chi connectivity index (χ3n) is 7.39. The largest absolute Gasteiger partial charge is 0.294 e. The molecule has 4 heterocycles. The second kappa shape index (κ2) is 8.15. The van der Waals surface area contributed by atoms with Crippen molar-refractivity contribution in [2.24, 2.45) is 0 Å². The molecule has 0 atom stereocenters. The van der Waals surface area contributed by atoms with Crippen molar-refractivity contribution in [2.45, 2.75) is 0 Å². The van der Waals surface area contributed by atoms with Crippen LogP contribution in [0.1, 0.15) is 0 Å². The van der Waals surface area contributed by atoms with Crippen LogP contribution >= 0.6 is 0 Å². The van der Waals surface area contributed by atoms with Gasteiger partial charge in [0.15, 0.2) is 0 Å². The molecular weight excluding hydrogens is 464 g/mol. The van der Waals surface area contributed by atoms with Crippen molar-refractivity contribution in [1.82, 2.24) is 19.1 Å². The zero-order chi connectivity index (χ0) is 25.1. The number of rotatable bonds is 3. The molecule has 0 unspecified atom stereocenters. The van der Waals surface area contributed by atoms with E-state index in [1.807, 2.05) is 24.4 Å². The molecule has 8 rings (SSSR count). The lowest BCUT2D eigenvalue weighted by atomic mass is 10.1. The maximum absolute atomic E-state index is 5.34. The average Bonchev–Trinajstić information content (AvgIpc) is 3.50. The predicted octanol–water partition coefficient (Wildman–Crippen LogP) is 8.34. The minimum Gasteiger partial charge on any atom is -0.294 e. The number of fused-ring (bicyclic) bond motifs is 6. The molecule has 4 nitrogen and oxygen atoms in total. The fraction of sp³-hybridized carbons (Fsp3) is 0. The Kier molecular flexibility index (Phi) is 4.49. The number of hydrogen-bond acceptors (Lipinski definition) is 2. The van der Waals surface area contributed by atoms with Crippen LogP contribution in [0, 0.1) is 0 Å². The Morgan fingerprint density at radius 3 is 1.92 bits per heavy atom. The minimum absolute atomic E-state index is 0.891. The second-order valence-corrected chi connectivity index (χ2v) is 9.53. The highest BCUT2D eigenvalue weighted by molar-refractivity contribution is 6.11. The van der Waals surface area contributed by atoms with Gasteiger partial charge in [-0.1, -0.05) is 72.8 Å². The number of hydrogen-bond donors (Lipinski definition) is 0. The fourth-order valence-electron chi connectivity index (χ4n) is 5.70. The van der Waals surface area contributed by atoms with Crippen molar-refractivity contribution in [3.05, 3.63) is 134 Å². The van der Waals surface area contributed by atoms with Crippen molar-refractivity contribution < 1.29 is 0 Å². The van der Waals surface area contributed by atoms with Gasteiger partial charge in [-0.25, -0.2) is 4.98 Å². The SMILES string of the molecule is c1ccc(-n2c3ccccc3c3ccc(-n4c5ccccc5c5ccc(-c6ccccn6)cc54)nc32)cc1. The highest BCUT2D eigenvalue weighted by atomic mass is 15.1. The standard InChI is InChI=1S/C34H22N4/c1-2-10-24(11-3-1)37-30-15-6-5-13-26(30)28-19-20-33(36-34(28)37)38-31-16-7-4-12-25(31)27-18-17-23(22-32(27)38)29-14-8-9-21-35-29/h1-22H. The molecule has 38 heavy (non-hydrogen) atoms. The highest BCUT2D eigenvalue weighted by Crippen LogP contribution is 2.36. The van der Waals surface area contributed by atoms with Crippen molar-refractivity contribution in [3.63, 3.8) is 0 Å². The summed E-state index contributed by atoms with van der Waals surface area (Å²) in [5, 5.41) is 4.75. The van der Waals surface area contributed by atoms with E-state index < -0.39 is 0 Å². The van der Waals surface area contributed by atoms with E-state index in [0.29, 0.717) is 0 Å². The van der Waals surface area contributed by atoms with Crippen LogP contribution in [0.25, 0.3) is 66.5 Å². The third kappa shape index (κ3) is 3.04. The smallest absolute Gasteiger partial charge is 0.148 e. The van der Waals surface area contributed by atoms with Crippen LogP contribution < -0.4 is 0 Å². The Bertz CT molecular complexity index is 2120. The summed E-state index contributed by atoms with van der Waals surface area (Å²) in [5.41, 5.74) is 7.49. The van der Waals surface area contributed by atoms with Gasteiger partial charge >= 0.3 is 0 Å². The molecule has 0 spiro atoms. The Labute approximate surface area is 219 Å². The zero-order valence-electron chi connectivity index (χ0n) is 20.5. The van der Waals surface area contributed by atoms with E-state index in [2.05, 4.69) is 123 Å². The molecule has 0 N–H and O–H groups in total. The number of nitrogens with zero attached hydrogens (tertiary/aromatic N) is 4. The van der Waals surface area contributed by atoms with Gasteiger partial charge in [0.25, 0.3) is 0 Å². The lowest BCUT2D eigenvalue weighted by Crippen LogP contribution is -2.00. The molecule has 4 aromatic carbocycles. The van der Waals surface area contributed by atoms with Crippen LogP contribution in [0.3, 0.4) is 0 Å². The molecule has 0 amide bonds. The van der Waals surface area contributed by atoms with E-state index in [9.17, 15) is 0 Å². The lowest BCUT2D eigenvalue weighted by molar-refractivity contribution is 1.06. The summed E-state index contributed by atoms with van der Waals surface area (Å²) in [4.78, 5) is 9.94. The zero-order valence-corrected chi connectivity index (χ0v) is 20.5. The molecule has 178 valence electrons. The minimum atomic E-state index is 0.891. The number of para-hydroxylation sites is 3. The van der Waals surface area contributed by atoms with E-state index in [-0.39, 0.29) is 0 Å². The Morgan fingerprint density at radius 1 is 0.474 bits per heavy atom. The molecule has 0 radical (unpaired) electrons. The van der Waals surface area contributed by atoms with Gasteiger partial charge in [0, 0.05) is 39.0 Å². The van der Waals surface area contributed by atoms with Gasteiger partial charge in [-0.15, -0.1) is 0 Å². The van der Waals surface area contributed by atoms with Crippen molar-refractivity contribution >= 4 is 43.7 Å². The average molecular weight is 487 g/mol. The van der Waals surface area contributed by atoms with Gasteiger partial charge < -0.3 is 0 Å². The van der Waals surface area contributed by atoms with Crippen molar-refractivity contribution in [2.75, 3.05) is 0 Å². The molecule has 0 saturated carbocycles. The molecule has 0 fully saturated rings. The quantitative estimate of drug-likeness (QED) is 0.252. The lowest BCUT2D eigenvalue weighted by Gasteiger charge is -2.10. The second-order valence-electron chi connectivity index (χ2n) is 9.53. The number of pyridine rings is 2. The van der Waals surface area contributed by atoms with E-state index in [1.165, 1.54) is 16.2 Å². The molecule has 4 heteroatoms. The monoisotopic (exact) mass is 486 g/mol. The van der Waals surface area contributed by atoms with Crippen LogP contribution in [0.5, 0.6) is 0 Å². The van der Waals surface area contributed by atoms with Gasteiger partial charge in [-0.3, -0.25) is 14.1 Å². The Morgan fingerprint density at radius 2 is 1.13 bits per heavy atom. The molecule has 0 aliphatic heterocycles. The number of benzene rings is 4. The highest BCUT2D eigenvalue weighted by Gasteiger charge is 2.18.